The summed E-state index contributed by atoms with van der Waals surface area (Å²) in [6.07, 6.45) is 0. The lowest BCUT2D eigenvalue weighted by Gasteiger charge is -2.35. The van der Waals surface area contributed by atoms with Crippen LogP contribution in [-0.2, 0) is 24.5 Å². The third-order valence-corrected chi connectivity index (χ3v) is 7.24. The number of esters is 2. The maximum atomic E-state index is 13.3. The topological polar surface area (TPSA) is 132 Å². The molecule has 0 fully saturated rings. The molecule has 1 atom stereocenters. The van der Waals surface area contributed by atoms with Crippen LogP contribution in [0.5, 0.6) is 0 Å². The molecule has 1 aliphatic heterocycles. The lowest BCUT2D eigenvalue weighted by Crippen LogP contribution is -2.40. The van der Waals surface area contributed by atoms with Crippen molar-refractivity contribution in [2.75, 3.05) is 19.1 Å². The third kappa shape index (κ3) is 4.88. The van der Waals surface area contributed by atoms with Crippen LogP contribution in [0.1, 0.15) is 37.8 Å². The first-order valence-electron chi connectivity index (χ1n) is 13.3. The van der Waals surface area contributed by atoms with Crippen LogP contribution in [-0.4, -0.2) is 31.1 Å². The first-order valence-corrected chi connectivity index (χ1v) is 13.3. The van der Waals surface area contributed by atoms with Gasteiger partial charge in [0.15, 0.2) is 5.58 Å². The SMILES string of the molecule is COC(=O)C1=C(C(=O)OC)N(c2ccc3nc(-c4ccc(C(C)(C)C)cc4)oc3c2)C(N)=C(C#N)C1c1ccccc1. The molecule has 1 aromatic heterocycles. The molecule has 9 heteroatoms. The highest BCUT2D eigenvalue weighted by Gasteiger charge is 2.43. The molecule has 9 nitrogen and oxygen atoms in total. The minimum atomic E-state index is -0.953. The van der Waals surface area contributed by atoms with E-state index in [0.717, 1.165) is 5.56 Å². The Morgan fingerprint density at radius 2 is 1.64 bits per heavy atom. The maximum absolute atomic E-state index is 13.3. The number of rotatable bonds is 5. The molecule has 0 bridgehead atoms. The van der Waals surface area contributed by atoms with Gasteiger partial charge >= 0.3 is 11.9 Å². The summed E-state index contributed by atoms with van der Waals surface area (Å²) in [6.45, 7) is 6.43. The number of carbonyl (C=O) groups excluding carboxylic acids is 2. The Hall–Kier alpha value is -5.36. The second-order valence-corrected chi connectivity index (χ2v) is 10.8. The first-order chi connectivity index (χ1) is 20.1. The van der Waals surface area contributed by atoms with Crippen LogP contribution in [0.15, 0.2) is 99.9 Å². The van der Waals surface area contributed by atoms with Gasteiger partial charge in [0.25, 0.3) is 0 Å². The van der Waals surface area contributed by atoms with Crippen LogP contribution in [0.4, 0.5) is 5.69 Å². The van der Waals surface area contributed by atoms with Gasteiger partial charge in [0.2, 0.25) is 5.89 Å². The molecule has 4 aromatic rings. The van der Waals surface area contributed by atoms with E-state index in [9.17, 15) is 14.9 Å². The predicted molar refractivity (Wildman–Crippen MR) is 158 cm³/mol. The summed E-state index contributed by atoms with van der Waals surface area (Å²) in [5.41, 5.74) is 10.4. The zero-order chi connectivity index (χ0) is 30.2. The molecule has 2 heterocycles. The average molecular weight is 563 g/mol. The van der Waals surface area contributed by atoms with Gasteiger partial charge in [-0.05, 0) is 40.8 Å². The summed E-state index contributed by atoms with van der Waals surface area (Å²) in [7, 11) is 2.41. The summed E-state index contributed by atoms with van der Waals surface area (Å²) >= 11 is 0. The fourth-order valence-electron chi connectivity index (χ4n) is 5.07. The number of nitriles is 1. The van der Waals surface area contributed by atoms with Crippen LogP contribution >= 0.6 is 0 Å². The number of carbonyl (C=O) groups is 2. The molecular weight excluding hydrogens is 532 g/mol. The van der Waals surface area contributed by atoms with Crippen molar-refractivity contribution in [3.05, 3.63) is 107 Å². The zero-order valence-corrected chi connectivity index (χ0v) is 24.0. The van der Waals surface area contributed by atoms with E-state index in [0.29, 0.717) is 28.2 Å². The average Bonchev–Trinajstić information content (AvgIpc) is 3.43. The molecule has 0 spiro atoms. The van der Waals surface area contributed by atoms with Crippen LogP contribution in [0.2, 0.25) is 0 Å². The Morgan fingerprint density at radius 3 is 2.24 bits per heavy atom. The molecule has 1 unspecified atom stereocenters. The van der Waals surface area contributed by atoms with E-state index < -0.39 is 17.9 Å². The second-order valence-electron chi connectivity index (χ2n) is 10.8. The number of fused-ring (bicyclic) bond motifs is 1. The molecule has 1 aliphatic rings. The highest BCUT2D eigenvalue weighted by molar-refractivity contribution is 6.06. The summed E-state index contributed by atoms with van der Waals surface area (Å²) in [6, 6.07) is 24.1. The number of allylic oxidation sites excluding steroid dienone is 1. The number of aromatic nitrogens is 1. The number of hydrogen-bond donors (Lipinski definition) is 1. The zero-order valence-electron chi connectivity index (χ0n) is 24.0. The highest BCUT2D eigenvalue weighted by Crippen LogP contribution is 2.43. The molecule has 42 heavy (non-hydrogen) atoms. The van der Waals surface area contributed by atoms with E-state index >= 15 is 0 Å². The Labute approximate surface area is 243 Å². The van der Waals surface area contributed by atoms with Crippen LogP contribution in [0.3, 0.4) is 0 Å². The largest absolute Gasteiger partial charge is 0.466 e. The quantitative estimate of drug-likeness (QED) is 0.305. The summed E-state index contributed by atoms with van der Waals surface area (Å²) in [5, 5.41) is 10.2. The summed E-state index contributed by atoms with van der Waals surface area (Å²) in [4.78, 5) is 32.6. The minimum absolute atomic E-state index is 0.00629. The van der Waals surface area contributed by atoms with E-state index in [2.05, 4.69) is 31.8 Å². The number of nitrogens with zero attached hydrogens (tertiary/aromatic N) is 3. The van der Waals surface area contributed by atoms with E-state index in [4.69, 9.17) is 19.6 Å². The molecule has 3 aromatic carbocycles. The van der Waals surface area contributed by atoms with E-state index in [-0.39, 0.29) is 28.1 Å². The molecule has 0 aliphatic carbocycles. The Balaban J connectivity index is 1.68. The number of benzene rings is 3. The minimum Gasteiger partial charge on any atom is -0.466 e. The van der Waals surface area contributed by atoms with Gasteiger partial charge in [-0.15, -0.1) is 0 Å². The number of ether oxygens (including phenoxy) is 2. The Morgan fingerprint density at radius 1 is 0.976 bits per heavy atom. The third-order valence-electron chi connectivity index (χ3n) is 7.24. The lowest BCUT2D eigenvalue weighted by atomic mass is 9.81. The van der Waals surface area contributed by atoms with Crippen molar-refractivity contribution in [3.8, 4) is 17.5 Å². The molecular formula is C33H30N4O5. The predicted octanol–water partition coefficient (Wildman–Crippen LogP) is 5.69. The van der Waals surface area contributed by atoms with Crippen molar-refractivity contribution in [3.63, 3.8) is 0 Å². The van der Waals surface area contributed by atoms with Gasteiger partial charge in [-0.1, -0.05) is 63.2 Å². The van der Waals surface area contributed by atoms with E-state index in [1.165, 1.54) is 24.7 Å². The molecule has 5 rings (SSSR count). The molecule has 0 radical (unpaired) electrons. The van der Waals surface area contributed by atoms with Gasteiger partial charge in [0.1, 0.15) is 17.0 Å². The normalized spacial score (nSPS) is 15.5. The molecule has 0 saturated heterocycles. The van der Waals surface area contributed by atoms with Crippen molar-refractivity contribution < 1.29 is 23.5 Å². The van der Waals surface area contributed by atoms with Gasteiger partial charge in [-0.3, -0.25) is 4.90 Å². The summed E-state index contributed by atoms with van der Waals surface area (Å²) < 4.78 is 16.3. The maximum Gasteiger partial charge on any atom is 0.355 e. The molecule has 0 saturated carbocycles. The standard InChI is InChI=1S/C33H30N4O5/c1-33(2,3)21-13-11-20(12-14-21)30-36-24-16-15-22(17-25(24)42-30)37-28(32(39)41-5)27(31(38)40-4)26(23(18-34)29(37)35)19-9-7-6-8-10-19/h6-17,26H,35H2,1-5H3. The second kappa shape index (κ2) is 10.9. The molecule has 212 valence electrons. The summed E-state index contributed by atoms with van der Waals surface area (Å²) in [5.74, 6) is -2.18. The van der Waals surface area contributed by atoms with Gasteiger partial charge in [-0.2, -0.15) is 5.26 Å². The first kappa shape index (κ1) is 28.2. The lowest BCUT2D eigenvalue weighted by molar-refractivity contribution is -0.139. The van der Waals surface area contributed by atoms with Crippen LogP contribution in [0, 0.1) is 11.3 Å². The van der Waals surface area contributed by atoms with E-state index in [1.807, 2.05) is 24.3 Å². The van der Waals surface area contributed by atoms with Crippen molar-refractivity contribution >= 4 is 28.7 Å². The van der Waals surface area contributed by atoms with Crippen molar-refractivity contribution in [2.24, 2.45) is 5.73 Å². The van der Waals surface area contributed by atoms with Gasteiger partial charge in [0.05, 0.1) is 43.0 Å². The molecule has 0 amide bonds. The number of hydrogen-bond acceptors (Lipinski definition) is 9. The smallest absolute Gasteiger partial charge is 0.355 e. The van der Waals surface area contributed by atoms with Gasteiger partial charge < -0.3 is 19.6 Å². The number of nitrogens with two attached hydrogens (primary N) is 1. The van der Waals surface area contributed by atoms with Gasteiger partial charge in [-0.25, -0.2) is 14.6 Å². The fraction of sp³-hybridized carbons (Fsp3) is 0.212. The van der Waals surface area contributed by atoms with Crippen molar-refractivity contribution in [2.45, 2.75) is 32.1 Å². The van der Waals surface area contributed by atoms with Crippen LogP contribution < -0.4 is 10.6 Å². The fourth-order valence-corrected chi connectivity index (χ4v) is 5.07. The Bertz CT molecular complexity index is 1790. The van der Waals surface area contributed by atoms with Crippen molar-refractivity contribution in [1.82, 2.24) is 4.98 Å². The van der Waals surface area contributed by atoms with E-state index in [1.54, 1.807) is 48.5 Å². The van der Waals surface area contributed by atoms with Gasteiger partial charge in [0, 0.05) is 11.6 Å². The highest BCUT2D eigenvalue weighted by atomic mass is 16.5. The van der Waals surface area contributed by atoms with Crippen LogP contribution in [0.25, 0.3) is 22.6 Å². The number of methoxy groups -OCH3 is 2. The number of oxazole rings is 1. The Kier molecular flexibility index (Phi) is 7.31. The van der Waals surface area contributed by atoms with Crippen molar-refractivity contribution in [1.29, 1.82) is 5.26 Å². The monoisotopic (exact) mass is 562 g/mol. The molecule has 2 N–H and O–H groups in total. The number of anilines is 1.